The summed E-state index contributed by atoms with van der Waals surface area (Å²) in [5.74, 6) is -2.83. The quantitative estimate of drug-likeness (QED) is 0.0320. The van der Waals surface area contributed by atoms with Crippen LogP contribution in [0.5, 0.6) is 0 Å². The van der Waals surface area contributed by atoms with E-state index in [0.717, 1.165) is 22.3 Å². The van der Waals surface area contributed by atoms with E-state index in [1.807, 2.05) is 111 Å². The smallest absolute Gasteiger partial charge is 0.326 e. The number of carbonyl (C=O) groups is 7. The van der Waals surface area contributed by atoms with Crippen LogP contribution in [0.1, 0.15) is 55.4 Å². The van der Waals surface area contributed by atoms with Crippen LogP contribution in [0.2, 0.25) is 0 Å². The minimum absolute atomic E-state index is 0.00145. The first-order valence-electron chi connectivity index (χ1n) is 24.3. The highest BCUT2D eigenvalue weighted by atomic mass is 32.2. The fourth-order valence-electron chi connectivity index (χ4n) is 7.31. The minimum Gasteiger partial charge on any atom is -0.480 e. The van der Waals surface area contributed by atoms with Gasteiger partial charge in [0.15, 0.2) is 0 Å². The lowest BCUT2D eigenvalue weighted by molar-refractivity contribution is -0.142. The zero-order chi connectivity index (χ0) is 51.9. The molecule has 4 aromatic carbocycles. The van der Waals surface area contributed by atoms with Crippen LogP contribution >= 0.6 is 23.5 Å². The summed E-state index contributed by atoms with van der Waals surface area (Å²) < 4.78 is 11.5. The first-order chi connectivity index (χ1) is 34.8. The number of thioether (sulfide) groups is 2. The molecule has 388 valence electrons. The number of carboxylic acid groups (broad SMARTS) is 1. The van der Waals surface area contributed by atoms with Crippen molar-refractivity contribution in [2.75, 3.05) is 49.4 Å². The molecule has 0 spiro atoms. The highest BCUT2D eigenvalue weighted by molar-refractivity contribution is 7.99. The normalized spacial score (nSPS) is 13.2. The van der Waals surface area contributed by atoms with Gasteiger partial charge in [0.05, 0.1) is 26.4 Å². The first kappa shape index (κ1) is 58.4. The molecule has 0 aliphatic rings. The molecule has 4 rings (SSSR count). The van der Waals surface area contributed by atoms with Gasteiger partial charge >= 0.3 is 5.97 Å². The lowest BCUT2D eigenvalue weighted by atomic mass is 10.0. The SMILES string of the molecule is CC(C)C[C@H](NC(=O)[C@H](CSCCOCCOCCSC[C@H](NC(=O)CCc1ccccc1)C(=O)N[C@@H](Cc1ccccc1)C(=O)O)NC(=O)CCc1ccccc1)C(=O)N[C@@H](Cc1ccccc1)C(N)=O. The van der Waals surface area contributed by atoms with E-state index >= 15 is 0 Å². The number of primary amides is 1. The van der Waals surface area contributed by atoms with E-state index in [9.17, 15) is 38.7 Å². The van der Waals surface area contributed by atoms with Crippen molar-refractivity contribution in [3.63, 3.8) is 0 Å². The maximum Gasteiger partial charge on any atom is 0.326 e. The molecule has 0 aliphatic heterocycles. The van der Waals surface area contributed by atoms with Gasteiger partial charge in [0.2, 0.25) is 35.4 Å². The zero-order valence-electron chi connectivity index (χ0n) is 41.1. The number of nitrogens with two attached hydrogens (primary N) is 1. The van der Waals surface area contributed by atoms with Crippen molar-refractivity contribution in [2.45, 2.75) is 89.0 Å². The van der Waals surface area contributed by atoms with Gasteiger partial charge in [-0.1, -0.05) is 135 Å². The number of rotatable bonds is 35. The van der Waals surface area contributed by atoms with Crippen molar-refractivity contribution in [3.8, 4) is 0 Å². The summed E-state index contributed by atoms with van der Waals surface area (Å²) >= 11 is 2.79. The lowest BCUT2D eigenvalue weighted by Crippen LogP contribution is -2.57. The second-order valence-corrected chi connectivity index (χ2v) is 19.8. The molecule has 0 aromatic heterocycles. The van der Waals surface area contributed by atoms with Crippen molar-refractivity contribution in [2.24, 2.45) is 11.7 Å². The molecule has 0 saturated heterocycles. The Morgan fingerprint density at radius 2 is 0.847 bits per heavy atom. The summed E-state index contributed by atoms with van der Waals surface area (Å²) in [5, 5.41) is 23.7. The summed E-state index contributed by atoms with van der Waals surface area (Å²) in [6.45, 7) is 5.06. The molecule has 4 aromatic rings. The van der Waals surface area contributed by atoms with Gasteiger partial charge in [-0.05, 0) is 47.4 Å². The van der Waals surface area contributed by atoms with Gasteiger partial charge in [-0.2, -0.15) is 23.5 Å². The van der Waals surface area contributed by atoms with Gasteiger partial charge in [0.1, 0.15) is 30.2 Å². The topological polar surface area (TPSA) is 244 Å². The molecule has 6 amide bonds. The van der Waals surface area contributed by atoms with E-state index < -0.39 is 59.8 Å². The number of aliphatic carboxylic acids is 1. The van der Waals surface area contributed by atoms with Crippen LogP contribution in [0, 0.1) is 5.92 Å². The number of benzene rings is 4. The Kier molecular flexibility index (Phi) is 27.1. The van der Waals surface area contributed by atoms with Gasteiger partial charge in [-0.3, -0.25) is 28.8 Å². The third kappa shape index (κ3) is 23.8. The van der Waals surface area contributed by atoms with Crippen LogP contribution in [0.15, 0.2) is 121 Å². The molecule has 0 aliphatic carbocycles. The van der Waals surface area contributed by atoms with Crippen LogP contribution < -0.4 is 32.3 Å². The second-order valence-electron chi connectivity index (χ2n) is 17.5. The molecule has 16 nitrogen and oxygen atoms in total. The average molecular weight is 1030 g/mol. The molecule has 8 N–H and O–H groups in total. The van der Waals surface area contributed by atoms with E-state index in [1.54, 1.807) is 24.3 Å². The Hall–Kier alpha value is -6.21. The maximum atomic E-state index is 13.9. The molecular weight excluding hydrogens is 957 g/mol. The zero-order valence-corrected chi connectivity index (χ0v) is 42.8. The largest absolute Gasteiger partial charge is 0.480 e. The third-order valence-corrected chi connectivity index (χ3v) is 13.2. The van der Waals surface area contributed by atoms with Crippen molar-refractivity contribution < 1.29 is 48.1 Å². The Morgan fingerprint density at radius 3 is 1.24 bits per heavy atom. The van der Waals surface area contributed by atoms with Crippen LogP contribution in [0.4, 0.5) is 0 Å². The van der Waals surface area contributed by atoms with E-state index in [2.05, 4.69) is 26.6 Å². The lowest BCUT2D eigenvalue weighted by Gasteiger charge is -2.26. The Bertz CT molecular complexity index is 2260. The van der Waals surface area contributed by atoms with E-state index in [1.165, 1.54) is 23.5 Å². The predicted molar refractivity (Wildman–Crippen MR) is 282 cm³/mol. The van der Waals surface area contributed by atoms with Crippen LogP contribution in [-0.2, 0) is 68.7 Å². The first-order valence-corrected chi connectivity index (χ1v) is 26.6. The monoisotopic (exact) mass is 1030 g/mol. The summed E-state index contributed by atoms with van der Waals surface area (Å²) in [4.78, 5) is 91.6. The fourth-order valence-corrected chi connectivity index (χ4v) is 9.05. The molecule has 0 bridgehead atoms. The number of ether oxygens (including phenoxy) is 2. The van der Waals surface area contributed by atoms with Gasteiger partial charge in [-0.25, -0.2) is 4.79 Å². The summed E-state index contributed by atoms with van der Waals surface area (Å²) in [7, 11) is 0. The Balaban J connectivity index is 1.23. The highest BCUT2D eigenvalue weighted by Gasteiger charge is 2.30. The van der Waals surface area contributed by atoms with Crippen LogP contribution in [0.25, 0.3) is 0 Å². The molecule has 0 unspecified atom stereocenters. The van der Waals surface area contributed by atoms with Gasteiger partial charge in [0.25, 0.3) is 0 Å². The number of carbonyl (C=O) groups excluding carboxylic acids is 6. The number of aryl methyl sites for hydroxylation is 2. The number of hydrogen-bond acceptors (Lipinski definition) is 11. The Labute approximate surface area is 431 Å². The van der Waals surface area contributed by atoms with Gasteiger partial charge < -0.3 is 46.9 Å². The van der Waals surface area contributed by atoms with Gasteiger partial charge in [0, 0.05) is 48.7 Å². The van der Waals surface area contributed by atoms with Crippen LogP contribution in [-0.4, -0.2) is 126 Å². The minimum atomic E-state index is -1.18. The number of amides is 6. The number of carboxylic acids is 1. The van der Waals surface area contributed by atoms with E-state index in [0.29, 0.717) is 37.6 Å². The molecule has 5 atom stereocenters. The molecule has 0 heterocycles. The van der Waals surface area contributed by atoms with E-state index in [4.69, 9.17) is 15.2 Å². The molecule has 18 heteroatoms. The predicted octanol–water partition coefficient (Wildman–Crippen LogP) is 4.28. The van der Waals surface area contributed by atoms with Crippen LogP contribution in [0.3, 0.4) is 0 Å². The molecular formula is C54H70N6O10S2. The third-order valence-electron chi connectivity index (χ3n) is 11.1. The summed E-state index contributed by atoms with van der Waals surface area (Å²) in [6.07, 6.45) is 1.82. The molecule has 0 saturated carbocycles. The van der Waals surface area contributed by atoms with Crippen molar-refractivity contribution in [1.82, 2.24) is 26.6 Å². The van der Waals surface area contributed by atoms with E-state index in [-0.39, 0.29) is 74.6 Å². The van der Waals surface area contributed by atoms with Gasteiger partial charge in [-0.15, -0.1) is 0 Å². The molecule has 0 radical (unpaired) electrons. The number of nitrogens with one attached hydrogen (secondary N) is 5. The van der Waals surface area contributed by atoms with Crippen molar-refractivity contribution in [1.29, 1.82) is 0 Å². The molecule has 72 heavy (non-hydrogen) atoms. The average Bonchev–Trinajstić information content (AvgIpc) is 3.37. The van der Waals surface area contributed by atoms with Crippen molar-refractivity contribution in [3.05, 3.63) is 144 Å². The summed E-state index contributed by atoms with van der Waals surface area (Å²) in [6, 6.07) is 32.1. The Morgan fingerprint density at radius 1 is 0.486 bits per heavy atom. The number of hydrogen-bond donors (Lipinski definition) is 7. The fraction of sp³-hybridized carbons (Fsp3) is 0.426. The van der Waals surface area contributed by atoms with Crippen molar-refractivity contribution >= 4 is 64.9 Å². The summed E-state index contributed by atoms with van der Waals surface area (Å²) in [5.41, 5.74) is 9.20. The second kappa shape index (κ2) is 33.4. The maximum absolute atomic E-state index is 13.9. The standard InChI is InChI=1S/C54H70N6O10S2/c1-38(2)33-44(51(64)58-43(50(55)63)34-41-19-11-5-12-20-41)59-52(65)46(56-48(61)25-23-39-15-7-3-8-16-39)36-71-31-29-69-27-28-70-30-32-72-37-47(57-49(62)26-24-40-17-9-4-10-18-40)53(66)60-45(54(67)68)35-42-21-13-6-14-22-42/h3-22,38,43-47H,23-37H2,1-2H3,(H2,55,63)(H,56,61)(H,57,62)(H,58,64)(H,59,65)(H,60,66)(H,67,68)/t43-,44-,45-,46-,47-/m0/s1. The highest BCUT2D eigenvalue weighted by Crippen LogP contribution is 2.12. The molecule has 0 fully saturated rings.